The van der Waals surface area contributed by atoms with Crippen LogP contribution in [0.15, 0.2) is 0 Å². The highest BCUT2D eigenvalue weighted by molar-refractivity contribution is 6.35. The minimum absolute atomic E-state index is 0.00295. The number of hydrogen-bond acceptors (Lipinski definition) is 4. The van der Waals surface area contributed by atoms with Gasteiger partial charge < -0.3 is 15.3 Å². The van der Waals surface area contributed by atoms with Gasteiger partial charge in [0.15, 0.2) is 0 Å². The summed E-state index contributed by atoms with van der Waals surface area (Å²) in [5, 5.41) is 11.7. The first kappa shape index (κ1) is 20.8. The van der Waals surface area contributed by atoms with E-state index in [0.29, 0.717) is 31.2 Å². The maximum Gasteiger partial charge on any atom is 0.374 e. The van der Waals surface area contributed by atoms with Gasteiger partial charge in [-0.05, 0) is 43.4 Å². The number of hydrogen-bond donors (Lipinski definition) is 2. The summed E-state index contributed by atoms with van der Waals surface area (Å²) in [7, 11) is 0. The molecule has 0 radical (unpaired) electrons. The van der Waals surface area contributed by atoms with Gasteiger partial charge >= 0.3 is 5.97 Å². The Kier molecular flexibility index (Phi) is 6.73. The number of nitrogens with zero attached hydrogens (tertiary/aromatic N) is 1. The van der Waals surface area contributed by atoms with Gasteiger partial charge in [-0.3, -0.25) is 14.4 Å². The van der Waals surface area contributed by atoms with E-state index in [4.69, 9.17) is 5.11 Å². The molecule has 7 heteroatoms. The summed E-state index contributed by atoms with van der Waals surface area (Å²) in [4.78, 5) is 50.6. The van der Waals surface area contributed by atoms with Crippen LogP contribution < -0.4 is 5.32 Å². The molecule has 3 aliphatic rings. The number of carboxylic acid groups (broad SMARTS) is 1. The molecule has 1 saturated heterocycles. The number of Topliss-reactive ketones (excluding diaryl/α,β-unsaturated/α-hetero) is 1. The van der Waals surface area contributed by atoms with Crippen LogP contribution in [0.2, 0.25) is 0 Å². The van der Waals surface area contributed by atoms with Crippen LogP contribution in [0, 0.1) is 17.8 Å². The van der Waals surface area contributed by atoms with Crippen LogP contribution in [0.3, 0.4) is 0 Å². The van der Waals surface area contributed by atoms with Crippen molar-refractivity contribution < 1.29 is 24.3 Å². The third-order valence-electron chi connectivity index (χ3n) is 6.59. The van der Waals surface area contributed by atoms with Gasteiger partial charge in [0.25, 0.3) is 5.78 Å². The Hall–Kier alpha value is -1.92. The summed E-state index contributed by atoms with van der Waals surface area (Å²) in [6.45, 7) is 2.48. The van der Waals surface area contributed by atoms with Crippen molar-refractivity contribution >= 4 is 23.6 Å². The molecule has 3 rings (SSSR count). The molecular weight excluding hydrogens is 360 g/mol. The van der Waals surface area contributed by atoms with Crippen LogP contribution in [0.1, 0.15) is 71.1 Å². The molecule has 2 saturated carbocycles. The molecule has 2 amide bonds. The van der Waals surface area contributed by atoms with E-state index < -0.39 is 23.8 Å². The predicted molar refractivity (Wildman–Crippen MR) is 102 cm³/mol. The van der Waals surface area contributed by atoms with E-state index in [1.54, 1.807) is 4.90 Å². The van der Waals surface area contributed by atoms with Gasteiger partial charge in [0.1, 0.15) is 6.04 Å². The normalized spacial score (nSPS) is 26.7. The largest absolute Gasteiger partial charge is 0.475 e. The van der Waals surface area contributed by atoms with Crippen molar-refractivity contribution in [3.63, 3.8) is 0 Å². The van der Waals surface area contributed by atoms with E-state index in [1.165, 1.54) is 19.3 Å². The van der Waals surface area contributed by atoms with Gasteiger partial charge in [-0.2, -0.15) is 0 Å². The van der Waals surface area contributed by atoms with Gasteiger partial charge in [0, 0.05) is 13.0 Å². The molecule has 7 nitrogen and oxygen atoms in total. The Morgan fingerprint density at radius 2 is 1.68 bits per heavy atom. The van der Waals surface area contributed by atoms with E-state index in [0.717, 1.165) is 32.1 Å². The lowest BCUT2D eigenvalue weighted by molar-refractivity contribution is -0.151. The number of aliphatic carboxylic acids is 1. The maximum atomic E-state index is 13.0. The second-order valence-electron chi connectivity index (χ2n) is 8.92. The fourth-order valence-electron chi connectivity index (χ4n) is 4.71. The zero-order valence-electron chi connectivity index (χ0n) is 16.7. The fourth-order valence-corrected chi connectivity index (χ4v) is 4.71. The molecule has 0 bridgehead atoms. The highest BCUT2D eigenvalue weighted by atomic mass is 16.4. The van der Waals surface area contributed by atoms with Crippen LogP contribution in [0.5, 0.6) is 0 Å². The first-order valence-corrected chi connectivity index (χ1v) is 10.7. The van der Waals surface area contributed by atoms with Crippen LogP contribution in [-0.2, 0) is 19.2 Å². The Balaban J connectivity index is 1.63. The van der Waals surface area contributed by atoms with Crippen molar-refractivity contribution in [3.05, 3.63) is 0 Å². The summed E-state index contributed by atoms with van der Waals surface area (Å²) in [5.41, 5.74) is 0. The Morgan fingerprint density at radius 3 is 2.29 bits per heavy atom. The molecule has 28 heavy (non-hydrogen) atoms. The zero-order valence-corrected chi connectivity index (χ0v) is 16.7. The first-order valence-electron chi connectivity index (χ1n) is 10.7. The molecule has 0 spiro atoms. The molecule has 1 aliphatic heterocycles. The number of carbonyl (C=O) groups is 4. The van der Waals surface area contributed by atoms with E-state index in [1.807, 2.05) is 6.92 Å². The summed E-state index contributed by atoms with van der Waals surface area (Å²) >= 11 is 0. The quantitative estimate of drug-likeness (QED) is 0.616. The SMILES string of the molecule is C[C@H]1CCN(C(=O)CC2CCCCC2)[C@@H]1C(=O)NC(CC1CC1)C(=O)C(=O)O. The minimum atomic E-state index is -1.52. The second kappa shape index (κ2) is 9.05. The molecule has 0 aromatic carbocycles. The second-order valence-corrected chi connectivity index (χ2v) is 8.92. The number of likely N-dealkylation sites (tertiary alicyclic amines) is 1. The van der Waals surface area contributed by atoms with E-state index in [2.05, 4.69) is 5.32 Å². The molecule has 3 atom stereocenters. The van der Waals surface area contributed by atoms with Crippen LogP contribution >= 0.6 is 0 Å². The van der Waals surface area contributed by atoms with Gasteiger partial charge in [0.05, 0.1) is 6.04 Å². The van der Waals surface area contributed by atoms with Crippen molar-refractivity contribution in [2.24, 2.45) is 17.8 Å². The van der Waals surface area contributed by atoms with Gasteiger partial charge in [-0.15, -0.1) is 0 Å². The number of ketones is 1. The van der Waals surface area contributed by atoms with Crippen LogP contribution in [-0.4, -0.2) is 52.2 Å². The summed E-state index contributed by atoms with van der Waals surface area (Å²) < 4.78 is 0. The van der Waals surface area contributed by atoms with Crippen molar-refractivity contribution in [1.82, 2.24) is 10.2 Å². The van der Waals surface area contributed by atoms with Crippen molar-refractivity contribution in [2.75, 3.05) is 6.54 Å². The van der Waals surface area contributed by atoms with Gasteiger partial charge in [0.2, 0.25) is 11.8 Å². The van der Waals surface area contributed by atoms with Crippen molar-refractivity contribution in [2.45, 2.75) is 83.2 Å². The van der Waals surface area contributed by atoms with Gasteiger partial charge in [-0.1, -0.05) is 39.0 Å². The standard InChI is InChI=1S/C21H32N2O5/c1-13-9-10-23(17(24)12-14-5-3-2-4-6-14)18(13)20(26)22-16(11-15-7-8-15)19(25)21(27)28/h13-16,18H,2-12H2,1H3,(H,22,26)(H,27,28)/t13-,16?,18-/m0/s1. The predicted octanol–water partition coefficient (Wildman–Crippen LogP) is 2.13. The summed E-state index contributed by atoms with van der Waals surface area (Å²) in [5.74, 6) is -2.16. The van der Waals surface area contributed by atoms with Crippen LogP contribution in [0.25, 0.3) is 0 Å². The lowest BCUT2D eigenvalue weighted by Gasteiger charge is -2.30. The molecule has 1 unspecified atom stereocenters. The van der Waals surface area contributed by atoms with Gasteiger partial charge in [-0.25, -0.2) is 4.79 Å². The topological polar surface area (TPSA) is 104 Å². The first-order chi connectivity index (χ1) is 13.4. The molecule has 2 aliphatic carbocycles. The number of carbonyl (C=O) groups excluding carboxylic acids is 3. The molecule has 0 aromatic heterocycles. The molecular formula is C21H32N2O5. The number of rotatable bonds is 8. The smallest absolute Gasteiger partial charge is 0.374 e. The number of carboxylic acids is 1. The van der Waals surface area contributed by atoms with Crippen molar-refractivity contribution in [1.29, 1.82) is 0 Å². The monoisotopic (exact) mass is 392 g/mol. The zero-order chi connectivity index (χ0) is 20.3. The molecule has 1 heterocycles. The number of amides is 2. The molecule has 0 aromatic rings. The highest BCUT2D eigenvalue weighted by Gasteiger charge is 2.42. The summed E-state index contributed by atoms with van der Waals surface area (Å²) in [6, 6.07) is -1.61. The van der Waals surface area contributed by atoms with Crippen LogP contribution in [0.4, 0.5) is 0 Å². The Morgan fingerprint density at radius 1 is 1.00 bits per heavy atom. The summed E-state index contributed by atoms with van der Waals surface area (Å²) in [6.07, 6.45) is 9.23. The molecule has 3 fully saturated rings. The average Bonchev–Trinajstić information content (AvgIpc) is 3.39. The molecule has 156 valence electrons. The molecule has 2 N–H and O–H groups in total. The van der Waals surface area contributed by atoms with E-state index in [-0.39, 0.29) is 17.7 Å². The van der Waals surface area contributed by atoms with Crippen molar-refractivity contribution in [3.8, 4) is 0 Å². The Labute approximate surface area is 166 Å². The van der Waals surface area contributed by atoms with E-state index in [9.17, 15) is 19.2 Å². The third-order valence-corrected chi connectivity index (χ3v) is 6.59. The lowest BCUT2D eigenvalue weighted by atomic mass is 9.86. The highest BCUT2D eigenvalue weighted by Crippen LogP contribution is 2.34. The fraction of sp³-hybridized carbons (Fsp3) is 0.810. The third kappa shape index (κ3) is 5.11. The number of nitrogens with one attached hydrogen (secondary N) is 1. The average molecular weight is 392 g/mol. The Bertz CT molecular complexity index is 624. The minimum Gasteiger partial charge on any atom is -0.475 e. The lowest BCUT2D eigenvalue weighted by Crippen LogP contribution is -2.53. The van der Waals surface area contributed by atoms with E-state index >= 15 is 0 Å². The maximum absolute atomic E-state index is 13.0.